The van der Waals surface area contributed by atoms with Crippen molar-refractivity contribution < 1.29 is 14.3 Å². The Bertz CT molecular complexity index is 523. The summed E-state index contributed by atoms with van der Waals surface area (Å²) in [5.74, 6) is 0.104. The second-order valence-electron chi connectivity index (χ2n) is 3.52. The molecule has 1 aliphatic heterocycles. The van der Waals surface area contributed by atoms with E-state index >= 15 is 0 Å². The number of nitrogens with two attached hydrogens (primary N) is 1. The summed E-state index contributed by atoms with van der Waals surface area (Å²) in [6, 6.07) is 7.10. The fourth-order valence-corrected chi connectivity index (χ4v) is 1.40. The highest BCUT2D eigenvalue weighted by Gasteiger charge is 2.16. The summed E-state index contributed by atoms with van der Waals surface area (Å²) in [5.41, 5.74) is 9.60. The minimum Gasteiger partial charge on any atom is -0.463 e. The van der Waals surface area contributed by atoms with Crippen LogP contribution >= 0.6 is 0 Å². The largest absolute Gasteiger partial charge is 0.463 e. The molecule has 0 atom stereocenters. The number of ether oxygens (including phenoxy) is 2. The van der Waals surface area contributed by atoms with Gasteiger partial charge in [-0.1, -0.05) is 6.07 Å². The maximum absolute atomic E-state index is 11.2. The minimum absolute atomic E-state index is 0.228. The lowest BCUT2D eigenvalue weighted by Crippen LogP contribution is -2.07. The fourth-order valence-electron chi connectivity index (χ4n) is 1.40. The molecule has 3 N–H and O–H groups in total. The standard InChI is InChI=1S/C12H13N3O3/c1-2-17-11(16)7-10-14-15-12(18-10)8-4-3-5-9(13)6-8/h3-7,14H,2,13H2,1H3. The van der Waals surface area contributed by atoms with Gasteiger partial charge in [0.1, 0.15) is 0 Å². The third-order valence-corrected chi connectivity index (χ3v) is 2.14. The van der Waals surface area contributed by atoms with E-state index in [1.807, 2.05) is 6.07 Å². The highest BCUT2D eigenvalue weighted by Crippen LogP contribution is 2.14. The first-order chi connectivity index (χ1) is 8.69. The van der Waals surface area contributed by atoms with Crippen LogP contribution in [0.3, 0.4) is 0 Å². The van der Waals surface area contributed by atoms with Gasteiger partial charge in [-0.05, 0) is 25.1 Å². The molecule has 0 saturated heterocycles. The van der Waals surface area contributed by atoms with E-state index in [0.717, 1.165) is 5.56 Å². The molecule has 0 saturated carbocycles. The van der Waals surface area contributed by atoms with Gasteiger partial charge in [0.2, 0.25) is 11.8 Å². The Hall–Kier alpha value is -2.50. The van der Waals surface area contributed by atoms with Crippen molar-refractivity contribution in [2.45, 2.75) is 6.92 Å². The summed E-state index contributed by atoms with van der Waals surface area (Å²) in [6.45, 7) is 2.04. The van der Waals surface area contributed by atoms with Crippen LogP contribution in [0.25, 0.3) is 0 Å². The average molecular weight is 247 g/mol. The molecule has 1 aliphatic rings. The van der Waals surface area contributed by atoms with E-state index in [0.29, 0.717) is 18.2 Å². The van der Waals surface area contributed by atoms with Crippen LogP contribution < -0.4 is 11.2 Å². The molecule has 0 fully saturated rings. The Kier molecular flexibility index (Phi) is 3.47. The van der Waals surface area contributed by atoms with Gasteiger partial charge >= 0.3 is 5.97 Å². The van der Waals surface area contributed by atoms with E-state index in [2.05, 4.69) is 10.5 Å². The summed E-state index contributed by atoms with van der Waals surface area (Å²) in [4.78, 5) is 11.2. The van der Waals surface area contributed by atoms with Crippen LogP contribution in [0, 0.1) is 0 Å². The molecule has 1 aromatic carbocycles. The van der Waals surface area contributed by atoms with Gasteiger partial charge in [0, 0.05) is 11.3 Å². The molecule has 6 nitrogen and oxygen atoms in total. The number of esters is 1. The Labute approximate surface area is 104 Å². The number of carbonyl (C=O) groups excluding carboxylic acids is 1. The number of hydrazone groups is 1. The molecule has 6 heteroatoms. The van der Waals surface area contributed by atoms with Crippen molar-refractivity contribution in [2.24, 2.45) is 5.10 Å². The Morgan fingerprint density at radius 1 is 1.61 bits per heavy atom. The van der Waals surface area contributed by atoms with Crippen LogP contribution in [0.5, 0.6) is 0 Å². The summed E-state index contributed by atoms with van der Waals surface area (Å²) in [7, 11) is 0. The number of carbonyl (C=O) groups is 1. The van der Waals surface area contributed by atoms with Crippen LogP contribution in [0.1, 0.15) is 12.5 Å². The monoisotopic (exact) mass is 247 g/mol. The zero-order chi connectivity index (χ0) is 13.0. The molecule has 0 aromatic heterocycles. The molecule has 0 amide bonds. The van der Waals surface area contributed by atoms with E-state index in [4.69, 9.17) is 15.2 Å². The van der Waals surface area contributed by atoms with Crippen LogP contribution in [0.15, 0.2) is 41.3 Å². The molecule has 0 spiro atoms. The number of rotatable bonds is 3. The van der Waals surface area contributed by atoms with Crippen LogP contribution in [0.4, 0.5) is 5.69 Å². The van der Waals surface area contributed by atoms with Gasteiger partial charge in [-0.3, -0.25) is 0 Å². The van der Waals surface area contributed by atoms with Gasteiger partial charge in [-0.15, -0.1) is 5.10 Å². The van der Waals surface area contributed by atoms with E-state index in [1.54, 1.807) is 25.1 Å². The second-order valence-corrected chi connectivity index (χ2v) is 3.52. The molecule has 2 rings (SSSR count). The molecule has 0 bridgehead atoms. The van der Waals surface area contributed by atoms with Gasteiger partial charge in [0.25, 0.3) is 0 Å². The third-order valence-electron chi connectivity index (χ3n) is 2.14. The lowest BCUT2D eigenvalue weighted by Gasteiger charge is -2.02. The van der Waals surface area contributed by atoms with Gasteiger partial charge < -0.3 is 15.2 Å². The molecule has 1 heterocycles. The van der Waals surface area contributed by atoms with Crippen LogP contribution in [-0.4, -0.2) is 18.5 Å². The molecule has 0 aliphatic carbocycles. The normalized spacial score (nSPS) is 15.8. The molecular formula is C12H13N3O3. The Morgan fingerprint density at radius 2 is 2.44 bits per heavy atom. The molecule has 18 heavy (non-hydrogen) atoms. The number of anilines is 1. The summed E-state index contributed by atoms with van der Waals surface area (Å²) in [5, 5.41) is 3.95. The van der Waals surface area contributed by atoms with Crippen LogP contribution in [-0.2, 0) is 14.3 Å². The van der Waals surface area contributed by atoms with Crippen molar-refractivity contribution in [1.82, 2.24) is 5.43 Å². The first kappa shape index (κ1) is 12.0. The lowest BCUT2D eigenvalue weighted by molar-refractivity contribution is -0.137. The van der Waals surface area contributed by atoms with E-state index < -0.39 is 5.97 Å². The zero-order valence-corrected chi connectivity index (χ0v) is 9.84. The predicted octanol–water partition coefficient (Wildman–Crippen LogP) is 0.955. The molecule has 94 valence electrons. The van der Waals surface area contributed by atoms with Crippen molar-refractivity contribution in [2.75, 3.05) is 12.3 Å². The van der Waals surface area contributed by atoms with Crippen molar-refractivity contribution in [3.63, 3.8) is 0 Å². The second kappa shape index (κ2) is 5.22. The smallest absolute Gasteiger partial charge is 0.336 e. The third kappa shape index (κ3) is 2.79. The molecular weight excluding hydrogens is 234 g/mol. The van der Waals surface area contributed by atoms with Gasteiger partial charge in [-0.25, -0.2) is 10.2 Å². The molecule has 0 unspecified atom stereocenters. The van der Waals surface area contributed by atoms with Gasteiger partial charge in [0.05, 0.1) is 12.7 Å². The number of benzene rings is 1. The predicted molar refractivity (Wildman–Crippen MR) is 66.3 cm³/mol. The summed E-state index contributed by atoms with van der Waals surface area (Å²) >= 11 is 0. The summed E-state index contributed by atoms with van der Waals surface area (Å²) in [6.07, 6.45) is 1.20. The number of nitrogens with zero attached hydrogens (tertiary/aromatic N) is 1. The molecule has 0 radical (unpaired) electrons. The quantitative estimate of drug-likeness (QED) is 0.472. The maximum atomic E-state index is 11.2. The van der Waals surface area contributed by atoms with Crippen molar-refractivity contribution in [1.29, 1.82) is 0 Å². The van der Waals surface area contributed by atoms with E-state index in [1.165, 1.54) is 6.08 Å². The van der Waals surface area contributed by atoms with Gasteiger partial charge in [-0.2, -0.15) is 0 Å². The highest BCUT2D eigenvalue weighted by atomic mass is 16.5. The fraction of sp³-hybridized carbons (Fsp3) is 0.167. The average Bonchev–Trinajstić information content (AvgIpc) is 2.78. The Balaban J connectivity index is 2.06. The first-order valence-electron chi connectivity index (χ1n) is 5.45. The van der Waals surface area contributed by atoms with Gasteiger partial charge in [0.15, 0.2) is 0 Å². The SMILES string of the molecule is CCOC(=O)C=C1NN=C(c2cccc(N)c2)O1. The highest BCUT2D eigenvalue weighted by molar-refractivity contribution is 5.97. The number of hydrogen-bond donors (Lipinski definition) is 2. The maximum Gasteiger partial charge on any atom is 0.336 e. The number of hydrogen-bond acceptors (Lipinski definition) is 6. The van der Waals surface area contributed by atoms with Crippen molar-refractivity contribution >= 4 is 17.6 Å². The van der Waals surface area contributed by atoms with E-state index in [9.17, 15) is 4.79 Å². The van der Waals surface area contributed by atoms with Crippen LogP contribution in [0.2, 0.25) is 0 Å². The zero-order valence-electron chi connectivity index (χ0n) is 9.84. The Morgan fingerprint density at radius 3 is 3.17 bits per heavy atom. The summed E-state index contributed by atoms with van der Waals surface area (Å²) < 4.78 is 10.1. The first-order valence-corrected chi connectivity index (χ1v) is 5.45. The minimum atomic E-state index is -0.482. The van der Waals surface area contributed by atoms with Crippen molar-refractivity contribution in [3.8, 4) is 0 Å². The topological polar surface area (TPSA) is 85.9 Å². The number of nitrogen functional groups attached to an aromatic ring is 1. The lowest BCUT2D eigenvalue weighted by atomic mass is 10.2. The molecule has 1 aromatic rings. The van der Waals surface area contributed by atoms with Crippen molar-refractivity contribution in [3.05, 3.63) is 41.8 Å². The number of nitrogens with one attached hydrogen (secondary N) is 1. The van der Waals surface area contributed by atoms with E-state index in [-0.39, 0.29) is 5.88 Å².